The molecule has 6 nitrogen and oxygen atoms in total. The van der Waals surface area contributed by atoms with Gasteiger partial charge in [0, 0.05) is 25.2 Å². The highest BCUT2D eigenvalue weighted by Crippen LogP contribution is 2.58. The summed E-state index contributed by atoms with van der Waals surface area (Å²) >= 11 is 0. The molecule has 1 N–H and O–H groups in total. The lowest BCUT2D eigenvalue weighted by Crippen LogP contribution is -2.32. The van der Waals surface area contributed by atoms with Gasteiger partial charge in [0.1, 0.15) is 12.2 Å². The summed E-state index contributed by atoms with van der Waals surface area (Å²) in [6, 6.07) is 9.37. The van der Waals surface area contributed by atoms with Crippen LogP contribution in [-0.4, -0.2) is 37.4 Å². The maximum Gasteiger partial charge on any atom is 0.339 e. The first kappa shape index (κ1) is 17.4. The maximum atomic E-state index is 12.7. The molecule has 1 saturated carbocycles. The van der Waals surface area contributed by atoms with E-state index in [0.29, 0.717) is 5.57 Å². The summed E-state index contributed by atoms with van der Waals surface area (Å²) < 4.78 is 16.5. The van der Waals surface area contributed by atoms with Crippen molar-refractivity contribution in [3.63, 3.8) is 0 Å². The van der Waals surface area contributed by atoms with Crippen LogP contribution in [0.4, 0.5) is 0 Å². The van der Waals surface area contributed by atoms with Gasteiger partial charge in [-0.3, -0.25) is 4.79 Å². The van der Waals surface area contributed by atoms with Crippen LogP contribution in [0.2, 0.25) is 0 Å². The predicted molar refractivity (Wildman–Crippen MR) is 88.5 cm³/mol. The van der Waals surface area contributed by atoms with Crippen molar-refractivity contribution in [2.24, 2.45) is 5.41 Å². The van der Waals surface area contributed by atoms with Crippen LogP contribution in [0.15, 0.2) is 53.3 Å². The van der Waals surface area contributed by atoms with Gasteiger partial charge in [0.2, 0.25) is 5.78 Å². The Kier molecular flexibility index (Phi) is 4.74. The van der Waals surface area contributed by atoms with Crippen LogP contribution in [-0.2, 0) is 30.4 Å². The molecule has 2 aliphatic rings. The number of hydrogen-bond acceptors (Lipinski definition) is 5. The van der Waals surface area contributed by atoms with E-state index in [4.69, 9.17) is 14.2 Å². The standard InChI is InChI=1S/C19H20O6/c1-23-18(24-2)14-16(25-11-12-6-4-3-5-7-12)15(20)13(17(21)22)10-19(14)8-9-19/h3-7,10,18H,8-9,11H2,1-2H3,(H,21,22). The molecule has 0 unspecified atom stereocenters. The average molecular weight is 344 g/mol. The van der Waals surface area contributed by atoms with E-state index in [-0.39, 0.29) is 17.9 Å². The first-order chi connectivity index (χ1) is 12.0. The topological polar surface area (TPSA) is 82.1 Å². The van der Waals surface area contributed by atoms with Crippen LogP contribution in [0.3, 0.4) is 0 Å². The third kappa shape index (κ3) is 3.23. The molecule has 0 atom stereocenters. The normalized spacial score (nSPS) is 18.5. The molecule has 0 saturated heterocycles. The van der Waals surface area contributed by atoms with Crippen molar-refractivity contribution in [3.8, 4) is 0 Å². The Morgan fingerprint density at radius 3 is 2.36 bits per heavy atom. The van der Waals surface area contributed by atoms with Crippen molar-refractivity contribution >= 4 is 11.8 Å². The number of Topliss-reactive ketones (excluding diaryl/α,β-unsaturated/α-hetero) is 1. The van der Waals surface area contributed by atoms with E-state index in [0.717, 1.165) is 18.4 Å². The summed E-state index contributed by atoms with van der Waals surface area (Å²) in [7, 11) is 2.96. The number of rotatable bonds is 7. The van der Waals surface area contributed by atoms with Crippen LogP contribution >= 0.6 is 0 Å². The van der Waals surface area contributed by atoms with E-state index in [1.165, 1.54) is 20.3 Å². The molecule has 3 rings (SSSR count). The molecule has 0 amide bonds. The van der Waals surface area contributed by atoms with Gasteiger partial charge < -0.3 is 19.3 Å². The molecule has 0 bridgehead atoms. The molecule has 0 aromatic heterocycles. The van der Waals surface area contributed by atoms with Gasteiger partial charge in [0.05, 0.1) is 0 Å². The molecular formula is C19H20O6. The molecule has 2 aliphatic carbocycles. The van der Waals surface area contributed by atoms with E-state index >= 15 is 0 Å². The lowest BCUT2D eigenvalue weighted by atomic mass is 9.83. The van der Waals surface area contributed by atoms with Crippen LogP contribution in [0.5, 0.6) is 0 Å². The van der Waals surface area contributed by atoms with Gasteiger partial charge in [-0.2, -0.15) is 0 Å². The van der Waals surface area contributed by atoms with E-state index in [1.807, 2.05) is 30.3 Å². The Balaban J connectivity index is 2.00. The van der Waals surface area contributed by atoms with Gasteiger partial charge in [-0.15, -0.1) is 0 Å². The largest absolute Gasteiger partial charge is 0.485 e. The molecule has 0 heterocycles. The highest BCUT2D eigenvalue weighted by Gasteiger charge is 2.54. The summed E-state index contributed by atoms with van der Waals surface area (Å²) in [6.45, 7) is 0.161. The number of carbonyl (C=O) groups excluding carboxylic acids is 1. The van der Waals surface area contributed by atoms with Crippen molar-refractivity contribution < 1.29 is 28.9 Å². The summed E-state index contributed by atoms with van der Waals surface area (Å²) in [5, 5.41) is 9.38. The number of benzene rings is 1. The minimum Gasteiger partial charge on any atom is -0.485 e. The number of carbonyl (C=O) groups is 2. The number of methoxy groups -OCH3 is 2. The van der Waals surface area contributed by atoms with Crippen LogP contribution in [0.1, 0.15) is 18.4 Å². The molecule has 6 heteroatoms. The fourth-order valence-corrected chi connectivity index (χ4v) is 3.14. The molecule has 1 aromatic carbocycles. The first-order valence-corrected chi connectivity index (χ1v) is 8.00. The lowest BCUT2D eigenvalue weighted by molar-refractivity contribution is -0.135. The molecule has 25 heavy (non-hydrogen) atoms. The molecule has 1 aromatic rings. The first-order valence-electron chi connectivity index (χ1n) is 8.00. The molecular weight excluding hydrogens is 324 g/mol. The zero-order valence-corrected chi connectivity index (χ0v) is 14.2. The van der Waals surface area contributed by atoms with Crippen molar-refractivity contribution in [2.45, 2.75) is 25.7 Å². The zero-order chi connectivity index (χ0) is 18.0. The number of ether oxygens (including phenoxy) is 3. The SMILES string of the molecule is COC(OC)C1=C(OCc2ccccc2)C(=O)C(C(=O)O)=CC12CC2. The number of allylic oxidation sites excluding steroid dienone is 2. The minimum atomic E-state index is -1.25. The summed E-state index contributed by atoms with van der Waals surface area (Å²) in [4.78, 5) is 24.2. The summed E-state index contributed by atoms with van der Waals surface area (Å²) in [5.74, 6) is -1.87. The van der Waals surface area contributed by atoms with E-state index in [9.17, 15) is 14.7 Å². The Bertz CT molecular complexity index is 738. The third-order valence-electron chi connectivity index (χ3n) is 4.56. The molecule has 0 radical (unpaired) electrons. The Hall–Kier alpha value is -2.44. The lowest BCUT2D eigenvalue weighted by Gasteiger charge is -2.29. The predicted octanol–water partition coefficient (Wildman–Crippen LogP) is 2.45. The number of ketones is 1. The Labute approximate surface area is 145 Å². The van der Waals surface area contributed by atoms with Crippen LogP contribution in [0, 0.1) is 5.41 Å². The van der Waals surface area contributed by atoms with Gasteiger partial charge in [-0.25, -0.2) is 4.79 Å². The second kappa shape index (κ2) is 6.82. The van der Waals surface area contributed by atoms with Crippen molar-refractivity contribution in [1.29, 1.82) is 0 Å². The van der Waals surface area contributed by atoms with Crippen LogP contribution in [0.25, 0.3) is 0 Å². The maximum absolute atomic E-state index is 12.7. The summed E-state index contributed by atoms with van der Waals surface area (Å²) in [5.41, 5.74) is 0.660. The fourth-order valence-electron chi connectivity index (χ4n) is 3.14. The molecule has 1 fully saturated rings. The Morgan fingerprint density at radius 2 is 1.84 bits per heavy atom. The molecule has 0 aliphatic heterocycles. The monoisotopic (exact) mass is 344 g/mol. The van der Waals surface area contributed by atoms with Gasteiger partial charge in [-0.05, 0) is 18.4 Å². The second-order valence-electron chi connectivity index (χ2n) is 6.17. The Morgan fingerprint density at radius 1 is 1.20 bits per heavy atom. The zero-order valence-electron chi connectivity index (χ0n) is 14.2. The quantitative estimate of drug-likeness (QED) is 0.604. The van der Waals surface area contributed by atoms with Gasteiger partial charge >= 0.3 is 5.97 Å². The van der Waals surface area contributed by atoms with E-state index in [1.54, 1.807) is 0 Å². The van der Waals surface area contributed by atoms with E-state index in [2.05, 4.69) is 0 Å². The summed E-state index contributed by atoms with van der Waals surface area (Å²) in [6.07, 6.45) is 2.22. The van der Waals surface area contributed by atoms with Gasteiger partial charge in [0.15, 0.2) is 12.0 Å². The smallest absolute Gasteiger partial charge is 0.339 e. The minimum absolute atomic E-state index is 0.0231. The second-order valence-corrected chi connectivity index (χ2v) is 6.17. The number of hydrogen-bond donors (Lipinski definition) is 1. The van der Waals surface area contributed by atoms with E-state index < -0.39 is 23.5 Å². The van der Waals surface area contributed by atoms with Crippen LogP contribution < -0.4 is 0 Å². The van der Waals surface area contributed by atoms with Gasteiger partial charge in [0.25, 0.3) is 0 Å². The van der Waals surface area contributed by atoms with Gasteiger partial charge in [-0.1, -0.05) is 36.4 Å². The molecule has 132 valence electrons. The van der Waals surface area contributed by atoms with Crippen molar-refractivity contribution in [1.82, 2.24) is 0 Å². The molecule has 1 spiro atoms. The third-order valence-corrected chi connectivity index (χ3v) is 4.56. The number of carboxylic acid groups (broad SMARTS) is 1. The highest BCUT2D eigenvalue weighted by molar-refractivity contribution is 6.24. The number of carboxylic acids is 1. The average Bonchev–Trinajstić information content (AvgIpc) is 3.39. The van der Waals surface area contributed by atoms with Crippen molar-refractivity contribution in [2.75, 3.05) is 14.2 Å². The number of aliphatic carboxylic acids is 1. The highest BCUT2D eigenvalue weighted by atomic mass is 16.7. The van der Waals surface area contributed by atoms with Crippen molar-refractivity contribution in [3.05, 3.63) is 58.9 Å². The fraction of sp³-hybridized carbons (Fsp3) is 0.368.